The Balaban J connectivity index is 2.96. The lowest BCUT2D eigenvalue weighted by molar-refractivity contribution is -0.137. The van der Waals surface area contributed by atoms with Crippen molar-refractivity contribution in [2.45, 2.75) is 44.8 Å². The topological polar surface area (TPSA) is 77.8 Å². The maximum atomic E-state index is 10.1. The number of unbranched alkanes of at least 4 members (excludes halogenated alkanes) is 3. The van der Waals surface area contributed by atoms with Crippen LogP contribution >= 0.6 is 0 Å². The summed E-state index contributed by atoms with van der Waals surface area (Å²) in [4.78, 5) is 10.1. The molecule has 0 saturated heterocycles. The molecule has 0 fully saturated rings. The monoisotopic (exact) mass is 176 g/mol. The van der Waals surface area contributed by atoms with Crippen molar-refractivity contribution >= 4 is 5.97 Å². The van der Waals surface area contributed by atoms with Crippen molar-refractivity contribution < 1.29 is 20.1 Å². The Bertz CT molecular complexity index is 122. The summed E-state index contributed by atoms with van der Waals surface area (Å²) in [6, 6.07) is 0. The highest BCUT2D eigenvalue weighted by molar-refractivity contribution is 5.66. The third kappa shape index (κ3) is 9.39. The molecular weight excluding hydrogens is 160 g/mol. The van der Waals surface area contributed by atoms with Gasteiger partial charge in [-0.05, 0) is 19.3 Å². The highest BCUT2D eigenvalue weighted by Crippen LogP contribution is 2.06. The highest BCUT2D eigenvalue weighted by atomic mass is 16.5. The van der Waals surface area contributed by atoms with Gasteiger partial charge in [-0.25, -0.2) is 0 Å². The van der Waals surface area contributed by atoms with Gasteiger partial charge in [0.15, 0.2) is 6.29 Å². The first kappa shape index (κ1) is 11.4. The first-order valence-electron chi connectivity index (χ1n) is 4.21. The highest BCUT2D eigenvalue weighted by Gasteiger charge is 1.98. The van der Waals surface area contributed by atoms with Gasteiger partial charge in [0.2, 0.25) is 0 Å². The summed E-state index contributed by atoms with van der Waals surface area (Å²) < 4.78 is 0. The van der Waals surface area contributed by atoms with Gasteiger partial charge in [0.25, 0.3) is 0 Å². The first-order valence-corrected chi connectivity index (χ1v) is 4.21. The van der Waals surface area contributed by atoms with Gasteiger partial charge in [-0.3, -0.25) is 4.79 Å². The standard InChI is InChI=1S/C8H16O4/c9-7(10)5-3-1-2-4-6-8(11)12/h7,9-10H,1-6H2,(H,11,12). The number of aliphatic carboxylic acids is 1. The number of rotatable bonds is 7. The van der Waals surface area contributed by atoms with E-state index in [4.69, 9.17) is 15.3 Å². The van der Waals surface area contributed by atoms with Crippen molar-refractivity contribution in [3.63, 3.8) is 0 Å². The van der Waals surface area contributed by atoms with E-state index in [0.717, 1.165) is 19.3 Å². The predicted molar refractivity (Wildman–Crippen MR) is 43.6 cm³/mol. The molecule has 0 amide bonds. The Hall–Kier alpha value is -0.610. The van der Waals surface area contributed by atoms with Crippen LogP contribution in [-0.4, -0.2) is 27.6 Å². The summed E-state index contributed by atoms with van der Waals surface area (Å²) >= 11 is 0. The van der Waals surface area contributed by atoms with Crippen molar-refractivity contribution in [3.05, 3.63) is 0 Å². The second-order valence-electron chi connectivity index (χ2n) is 2.83. The van der Waals surface area contributed by atoms with E-state index < -0.39 is 12.3 Å². The Morgan fingerprint density at radius 1 is 1.08 bits per heavy atom. The van der Waals surface area contributed by atoms with E-state index in [0.29, 0.717) is 12.8 Å². The lowest BCUT2D eigenvalue weighted by atomic mass is 10.1. The zero-order valence-corrected chi connectivity index (χ0v) is 7.07. The van der Waals surface area contributed by atoms with E-state index in [1.54, 1.807) is 0 Å². The molecule has 0 radical (unpaired) electrons. The smallest absolute Gasteiger partial charge is 0.303 e. The van der Waals surface area contributed by atoms with Crippen LogP contribution in [0, 0.1) is 0 Å². The molecule has 0 bridgehead atoms. The largest absolute Gasteiger partial charge is 0.481 e. The molecule has 0 spiro atoms. The zero-order valence-electron chi connectivity index (χ0n) is 7.07. The average molecular weight is 176 g/mol. The van der Waals surface area contributed by atoms with E-state index in [1.807, 2.05) is 0 Å². The first-order chi connectivity index (χ1) is 5.63. The van der Waals surface area contributed by atoms with Gasteiger partial charge in [0.05, 0.1) is 0 Å². The van der Waals surface area contributed by atoms with Crippen LogP contribution in [0.3, 0.4) is 0 Å². The lowest BCUT2D eigenvalue weighted by Gasteiger charge is -2.01. The van der Waals surface area contributed by atoms with Gasteiger partial charge < -0.3 is 15.3 Å². The third-order valence-electron chi connectivity index (χ3n) is 1.60. The average Bonchev–Trinajstić information content (AvgIpc) is 1.95. The summed E-state index contributed by atoms with van der Waals surface area (Å²) in [6.45, 7) is 0. The van der Waals surface area contributed by atoms with Gasteiger partial charge in [-0.2, -0.15) is 0 Å². The van der Waals surface area contributed by atoms with Crippen LogP contribution < -0.4 is 0 Å². The van der Waals surface area contributed by atoms with Crippen molar-refractivity contribution in [2.24, 2.45) is 0 Å². The Morgan fingerprint density at radius 2 is 1.67 bits per heavy atom. The molecule has 0 aromatic rings. The van der Waals surface area contributed by atoms with Crippen molar-refractivity contribution in [3.8, 4) is 0 Å². The molecule has 0 unspecified atom stereocenters. The molecule has 0 aliphatic carbocycles. The summed E-state index contributed by atoms with van der Waals surface area (Å²) in [7, 11) is 0. The van der Waals surface area contributed by atoms with Crippen molar-refractivity contribution in [1.82, 2.24) is 0 Å². The summed E-state index contributed by atoms with van der Waals surface area (Å²) in [6.07, 6.45) is 2.51. The third-order valence-corrected chi connectivity index (χ3v) is 1.60. The van der Waals surface area contributed by atoms with Gasteiger partial charge >= 0.3 is 5.97 Å². The number of carboxylic acid groups (broad SMARTS) is 1. The van der Waals surface area contributed by atoms with Crippen LogP contribution in [0.4, 0.5) is 0 Å². The molecule has 72 valence electrons. The minimum atomic E-state index is -1.22. The number of hydrogen-bond donors (Lipinski definition) is 3. The molecule has 3 N–H and O–H groups in total. The Kier molecular flexibility index (Phi) is 6.70. The van der Waals surface area contributed by atoms with Crippen LogP contribution in [0.2, 0.25) is 0 Å². The molecule has 4 nitrogen and oxygen atoms in total. The normalized spacial score (nSPS) is 10.6. The summed E-state index contributed by atoms with van der Waals surface area (Å²) in [5, 5.41) is 25.2. The molecule has 0 aromatic heterocycles. The number of carboxylic acids is 1. The minimum Gasteiger partial charge on any atom is -0.481 e. The van der Waals surface area contributed by atoms with Crippen LogP contribution in [0.5, 0.6) is 0 Å². The summed E-state index contributed by atoms with van der Waals surface area (Å²) in [5.41, 5.74) is 0. The predicted octanol–water partition coefficient (Wildman–Crippen LogP) is 0.722. The zero-order chi connectivity index (χ0) is 9.40. The molecule has 0 aromatic carbocycles. The Morgan fingerprint density at radius 3 is 2.17 bits per heavy atom. The maximum absolute atomic E-state index is 10.1. The van der Waals surface area contributed by atoms with Crippen molar-refractivity contribution in [2.75, 3.05) is 0 Å². The molecule has 0 heterocycles. The van der Waals surface area contributed by atoms with Crippen LogP contribution in [-0.2, 0) is 4.79 Å². The van der Waals surface area contributed by atoms with Crippen LogP contribution in [0.1, 0.15) is 38.5 Å². The fourth-order valence-electron chi connectivity index (χ4n) is 0.957. The van der Waals surface area contributed by atoms with E-state index in [-0.39, 0.29) is 6.42 Å². The fourth-order valence-corrected chi connectivity index (χ4v) is 0.957. The molecular formula is C8H16O4. The van der Waals surface area contributed by atoms with Gasteiger partial charge in [0.1, 0.15) is 0 Å². The Labute approximate surface area is 71.8 Å². The van der Waals surface area contributed by atoms with Crippen LogP contribution in [0.15, 0.2) is 0 Å². The van der Waals surface area contributed by atoms with E-state index in [2.05, 4.69) is 0 Å². The molecule has 4 heteroatoms. The van der Waals surface area contributed by atoms with E-state index >= 15 is 0 Å². The number of carbonyl (C=O) groups is 1. The van der Waals surface area contributed by atoms with Crippen LogP contribution in [0.25, 0.3) is 0 Å². The summed E-state index contributed by atoms with van der Waals surface area (Å²) in [5.74, 6) is -0.766. The SMILES string of the molecule is O=C(O)CCCCCCC(O)O. The molecule has 0 aliphatic rings. The minimum absolute atomic E-state index is 0.210. The second kappa shape index (κ2) is 7.06. The molecule has 0 saturated carbocycles. The number of aliphatic hydroxyl groups excluding tert-OH is 1. The maximum Gasteiger partial charge on any atom is 0.303 e. The molecule has 0 aliphatic heterocycles. The van der Waals surface area contributed by atoms with Gasteiger partial charge in [-0.15, -0.1) is 0 Å². The van der Waals surface area contributed by atoms with Gasteiger partial charge in [0, 0.05) is 6.42 Å². The molecule has 0 atom stereocenters. The van der Waals surface area contributed by atoms with Gasteiger partial charge in [-0.1, -0.05) is 12.8 Å². The van der Waals surface area contributed by atoms with E-state index in [1.165, 1.54) is 0 Å². The van der Waals surface area contributed by atoms with E-state index in [9.17, 15) is 4.79 Å². The number of aliphatic hydroxyl groups is 2. The van der Waals surface area contributed by atoms with Crippen molar-refractivity contribution in [1.29, 1.82) is 0 Å². The second-order valence-corrected chi connectivity index (χ2v) is 2.83. The molecule has 0 rings (SSSR count). The quantitative estimate of drug-likeness (QED) is 0.394. The molecule has 12 heavy (non-hydrogen) atoms. The lowest BCUT2D eigenvalue weighted by Crippen LogP contribution is -2.03. The number of hydrogen-bond acceptors (Lipinski definition) is 3. The fraction of sp³-hybridized carbons (Fsp3) is 0.875.